The minimum atomic E-state index is -4.94. The van der Waals surface area contributed by atoms with Crippen LogP contribution in [0.3, 0.4) is 0 Å². The van der Waals surface area contributed by atoms with Gasteiger partial charge in [0, 0.05) is 37.1 Å². The molecule has 0 radical (unpaired) electrons. The summed E-state index contributed by atoms with van der Waals surface area (Å²) >= 11 is 0. The maximum Gasteiger partial charge on any atom is 0.204 e. The van der Waals surface area contributed by atoms with Gasteiger partial charge in [-0.05, 0) is 12.1 Å². The molecule has 0 heterocycles. The van der Waals surface area contributed by atoms with Crippen LogP contribution in [-0.4, -0.2) is 24.9 Å². The summed E-state index contributed by atoms with van der Waals surface area (Å²) < 4.78 is 36.1. The Morgan fingerprint density at radius 1 is 0.875 bits per heavy atom. The second kappa shape index (κ2) is 9.82. The molecule has 0 unspecified atom stereocenters. The largest absolute Gasteiger partial charge is 0.351 e. The topological polar surface area (TPSA) is 98.5 Å². The second-order valence-electron chi connectivity index (χ2n) is 4.76. The number of hydrogen-bond donors (Lipinski definition) is 0. The van der Waals surface area contributed by atoms with Crippen molar-refractivity contribution in [2.45, 2.75) is 0 Å². The lowest BCUT2D eigenvalue weighted by atomic mass is 10.3. The van der Waals surface area contributed by atoms with Gasteiger partial charge in [0.2, 0.25) is 5.69 Å². The Morgan fingerprint density at radius 2 is 1.33 bits per heavy atom. The molecule has 0 saturated heterocycles. The first kappa shape index (κ1) is 19.8. The van der Waals surface area contributed by atoms with E-state index in [1.807, 2.05) is 56.6 Å². The molecule has 0 aliphatic carbocycles. The minimum absolute atomic E-state index is 1.18. The van der Waals surface area contributed by atoms with Gasteiger partial charge >= 0.3 is 0 Å². The van der Waals surface area contributed by atoms with Gasteiger partial charge in [-0.3, -0.25) is 0 Å². The van der Waals surface area contributed by atoms with Gasteiger partial charge < -0.3 is 4.90 Å². The lowest BCUT2D eigenvalue weighted by Crippen LogP contribution is -2.68. The van der Waals surface area contributed by atoms with Crippen LogP contribution in [0.25, 0.3) is 0 Å². The van der Waals surface area contributed by atoms with Crippen molar-refractivity contribution in [3.05, 3.63) is 72.9 Å². The predicted molar refractivity (Wildman–Crippen MR) is 82.3 cm³/mol. The molecule has 0 aliphatic heterocycles. The van der Waals surface area contributed by atoms with Gasteiger partial charge in [0.05, 0.1) is 0 Å². The molecule has 0 amide bonds. The van der Waals surface area contributed by atoms with E-state index in [0.717, 1.165) is 0 Å². The van der Waals surface area contributed by atoms with E-state index in [-0.39, 0.29) is 0 Å². The highest BCUT2D eigenvalue weighted by Crippen LogP contribution is 2.11. The highest BCUT2D eigenvalue weighted by atomic mass is 35.7. The quantitative estimate of drug-likeness (QED) is 0.516. The van der Waals surface area contributed by atoms with Crippen LogP contribution < -0.4 is 23.5 Å². The summed E-state index contributed by atoms with van der Waals surface area (Å²) in [4.78, 5) is 2.09. The van der Waals surface area contributed by atoms with E-state index in [4.69, 9.17) is 18.6 Å². The van der Waals surface area contributed by atoms with Gasteiger partial charge in [-0.2, -0.15) is 0 Å². The molecule has 0 aliphatic rings. The fourth-order valence-corrected chi connectivity index (χ4v) is 1.80. The normalized spacial score (nSPS) is 11.8. The van der Waals surface area contributed by atoms with Crippen LogP contribution in [-0.2, 0) is 0 Å². The van der Waals surface area contributed by atoms with Crippen LogP contribution in [0.5, 0.6) is 0 Å². The molecule has 0 bridgehead atoms. The summed E-state index contributed by atoms with van der Waals surface area (Å²) in [5.74, 6) is 0. The van der Waals surface area contributed by atoms with Crippen LogP contribution in [0, 0.1) is 10.2 Å². The van der Waals surface area contributed by atoms with Gasteiger partial charge in [-0.25, -0.2) is 23.2 Å². The predicted octanol–water partition coefficient (Wildman–Crippen LogP) is -1.07. The maximum atomic E-state index is 8.49. The Hall–Kier alpha value is -2.22. The van der Waals surface area contributed by atoms with Crippen molar-refractivity contribution in [2.75, 3.05) is 19.0 Å². The third kappa shape index (κ3) is 9.04. The van der Waals surface area contributed by atoms with Crippen molar-refractivity contribution in [3.63, 3.8) is 0 Å². The van der Waals surface area contributed by atoms with E-state index >= 15 is 0 Å². The van der Waals surface area contributed by atoms with E-state index in [9.17, 15) is 0 Å². The molecule has 0 fully saturated rings. The first-order valence-corrected chi connectivity index (χ1v) is 8.20. The van der Waals surface area contributed by atoms with E-state index in [1.165, 1.54) is 11.4 Å². The number of rotatable bonds is 4. The zero-order chi connectivity index (χ0) is 18.0. The summed E-state index contributed by atoms with van der Waals surface area (Å²) in [5.41, 5.74) is 2.35. The number of hydrogen-bond acceptors (Lipinski definition) is 5. The third-order valence-corrected chi connectivity index (χ3v) is 2.95. The Balaban J connectivity index is 0.000000505. The molecular weight excluding hydrogens is 332 g/mol. The number of allylic oxidation sites excluding steroid dienone is 1. The highest BCUT2D eigenvalue weighted by Gasteiger charge is 1.98. The molecule has 2 aromatic carbocycles. The van der Waals surface area contributed by atoms with Crippen LogP contribution in [0.1, 0.15) is 0 Å². The molecule has 6 nitrogen and oxygen atoms in total. The van der Waals surface area contributed by atoms with Crippen LogP contribution in [0.15, 0.2) is 72.9 Å². The first-order valence-electron chi connectivity index (χ1n) is 6.96. The summed E-state index contributed by atoms with van der Waals surface area (Å²) in [6.45, 7) is 0. The average Bonchev–Trinajstić information content (AvgIpc) is 2.54. The van der Waals surface area contributed by atoms with Crippen LogP contribution >= 0.6 is 0 Å². The first-order chi connectivity index (χ1) is 11.3. The molecule has 0 saturated carbocycles. The Bertz CT molecular complexity index is 649. The van der Waals surface area contributed by atoms with Crippen molar-refractivity contribution in [1.29, 1.82) is 0 Å². The Morgan fingerprint density at radius 3 is 1.83 bits per heavy atom. The highest BCUT2D eigenvalue weighted by molar-refractivity contribution is 5.68. The van der Waals surface area contributed by atoms with Crippen LogP contribution in [0.4, 0.5) is 11.4 Å². The summed E-state index contributed by atoms with van der Waals surface area (Å²) in [5, 5.41) is 0. The van der Waals surface area contributed by atoms with Crippen molar-refractivity contribution in [1.82, 2.24) is 0 Å². The van der Waals surface area contributed by atoms with Gasteiger partial charge in [-0.15, -0.1) is 10.2 Å². The Kier molecular flexibility index (Phi) is 8.11. The molecule has 0 spiro atoms. The lowest BCUT2D eigenvalue weighted by molar-refractivity contribution is -2.00. The zero-order valence-electron chi connectivity index (χ0n) is 13.4. The van der Waals surface area contributed by atoms with E-state index in [2.05, 4.69) is 46.2 Å². The van der Waals surface area contributed by atoms with E-state index in [0.29, 0.717) is 0 Å². The summed E-state index contributed by atoms with van der Waals surface area (Å²) in [7, 11) is -0.857. The van der Waals surface area contributed by atoms with Gasteiger partial charge in [0.15, 0.2) is 6.21 Å². The standard InChI is InChI=1S/C17H19N2.ClHO4/c1-18(16-10-5-3-6-11-16)14-9-15-19(2)17-12-7-4-8-13-17;2-1(3,4)5/h3-15H,1-2H3;(H,2,3,4,5)/q+1;/p-1. The second-order valence-corrected chi connectivity index (χ2v) is 5.52. The summed E-state index contributed by atoms with van der Waals surface area (Å²) in [6, 6.07) is 20.6. The Labute approximate surface area is 143 Å². The summed E-state index contributed by atoms with van der Waals surface area (Å²) in [6.07, 6.45) is 6.14. The molecule has 0 atom stereocenters. The number of halogens is 1. The third-order valence-electron chi connectivity index (χ3n) is 2.95. The fraction of sp³-hybridized carbons (Fsp3) is 0.118. The molecule has 0 aromatic heterocycles. The van der Waals surface area contributed by atoms with E-state index < -0.39 is 10.2 Å². The zero-order valence-corrected chi connectivity index (χ0v) is 14.2. The molecule has 0 N–H and O–H groups in total. The molecule has 24 heavy (non-hydrogen) atoms. The smallest absolute Gasteiger partial charge is 0.204 e. The number of nitrogens with zero attached hydrogens (tertiary/aromatic N) is 2. The lowest BCUT2D eigenvalue weighted by Gasteiger charge is -2.17. The molecule has 2 rings (SSSR count). The molecular formula is C17H19ClN2O4. The number of benzene rings is 2. The molecule has 128 valence electrons. The molecule has 7 heteroatoms. The van der Waals surface area contributed by atoms with Gasteiger partial charge in [-0.1, -0.05) is 36.4 Å². The maximum absolute atomic E-state index is 8.49. The fourth-order valence-electron chi connectivity index (χ4n) is 1.80. The van der Waals surface area contributed by atoms with Crippen molar-refractivity contribution < 1.29 is 33.5 Å². The van der Waals surface area contributed by atoms with E-state index in [1.54, 1.807) is 0 Å². The molecule has 2 aromatic rings. The number of para-hydroxylation sites is 2. The van der Waals surface area contributed by atoms with Gasteiger partial charge in [0.25, 0.3) is 0 Å². The van der Waals surface area contributed by atoms with Gasteiger partial charge in [0.1, 0.15) is 7.05 Å². The van der Waals surface area contributed by atoms with Crippen molar-refractivity contribution >= 4 is 17.6 Å². The SMILES string of the molecule is CN(/C=C\C=[N+](/C)c1ccccc1)c1ccccc1.[O-][Cl+3]([O-])([O-])[O-]. The minimum Gasteiger partial charge on any atom is -0.351 e. The van der Waals surface area contributed by atoms with Crippen molar-refractivity contribution in [3.8, 4) is 0 Å². The monoisotopic (exact) mass is 350 g/mol. The number of anilines is 1. The van der Waals surface area contributed by atoms with Crippen molar-refractivity contribution in [2.24, 2.45) is 0 Å². The van der Waals surface area contributed by atoms with Crippen LogP contribution in [0.2, 0.25) is 0 Å². The average molecular weight is 351 g/mol.